The largest absolute Gasteiger partial charge is 0.371 e. The monoisotopic (exact) mass is 264 g/mol. The molecule has 104 valence electrons. The summed E-state index contributed by atoms with van der Waals surface area (Å²) in [6, 6.07) is 6.08. The van der Waals surface area contributed by atoms with Gasteiger partial charge in [-0.3, -0.25) is 4.79 Å². The van der Waals surface area contributed by atoms with Gasteiger partial charge in [0.05, 0.1) is 0 Å². The lowest BCUT2D eigenvalue weighted by atomic mass is 9.83. The summed E-state index contributed by atoms with van der Waals surface area (Å²) in [6.07, 6.45) is 7.00. The van der Waals surface area contributed by atoms with Crippen LogP contribution < -0.4 is 11.1 Å². The zero-order valence-electron chi connectivity index (χ0n) is 11.1. The number of nitrogens with two attached hydrogens (primary N) is 1. The van der Waals surface area contributed by atoms with Crippen molar-refractivity contribution in [1.29, 1.82) is 0 Å². The zero-order valence-corrected chi connectivity index (χ0v) is 11.1. The average Bonchev–Trinajstić information content (AvgIpc) is 2.35. The molecule has 1 aliphatic carbocycles. The normalized spacial score (nSPS) is 19.2. The van der Waals surface area contributed by atoms with Gasteiger partial charge in [0.1, 0.15) is 11.4 Å². The van der Waals surface area contributed by atoms with Crippen LogP contribution in [0.5, 0.6) is 0 Å². The molecule has 0 heterocycles. The Morgan fingerprint density at radius 3 is 2.11 bits per heavy atom. The number of anilines is 1. The Bertz CT molecular complexity index is 422. The fraction of sp³-hybridized carbons (Fsp3) is 0.533. The van der Waals surface area contributed by atoms with E-state index < -0.39 is 5.54 Å². The number of carbonyl (C=O) groups excluding carboxylic acids is 1. The molecule has 0 aromatic heterocycles. The van der Waals surface area contributed by atoms with E-state index in [2.05, 4.69) is 5.32 Å². The van der Waals surface area contributed by atoms with Crippen LogP contribution in [0.15, 0.2) is 24.3 Å². The number of halogens is 1. The Morgan fingerprint density at radius 1 is 1.05 bits per heavy atom. The highest BCUT2D eigenvalue weighted by Crippen LogP contribution is 2.30. The highest BCUT2D eigenvalue weighted by atomic mass is 19.1. The Balaban J connectivity index is 2.17. The number of amides is 1. The van der Waals surface area contributed by atoms with Gasteiger partial charge in [-0.05, 0) is 37.1 Å². The first-order valence-electron chi connectivity index (χ1n) is 6.96. The molecule has 4 heteroatoms. The first-order chi connectivity index (χ1) is 9.12. The van der Waals surface area contributed by atoms with Crippen molar-refractivity contribution in [3.8, 4) is 0 Å². The first-order valence-corrected chi connectivity index (χ1v) is 6.96. The molecule has 1 amide bonds. The standard InChI is InChI=1S/C15H21FN2O/c16-12-6-8-13(9-7-12)18-15(14(17)19)10-4-2-1-3-5-11-15/h6-9,18H,1-5,10-11H2,(H2,17,19). The van der Waals surface area contributed by atoms with Crippen molar-refractivity contribution in [1.82, 2.24) is 0 Å². The summed E-state index contributed by atoms with van der Waals surface area (Å²) in [5, 5.41) is 3.25. The quantitative estimate of drug-likeness (QED) is 0.880. The third-order valence-corrected chi connectivity index (χ3v) is 3.91. The van der Waals surface area contributed by atoms with Crippen LogP contribution >= 0.6 is 0 Å². The lowest BCUT2D eigenvalue weighted by Crippen LogP contribution is -2.50. The Labute approximate surface area is 113 Å². The summed E-state index contributed by atoms with van der Waals surface area (Å²) >= 11 is 0. The number of hydrogen-bond donors (Lipinski definition) is 2. The van der Waals surface area contributed by atoms with Gasteiger partial charge in [0.2, 0.25) is 5.91 Å². The van der Waals surface area contributed by atoms with Gasteiger partial charge in [0, 0.05) is 5.69 Å². The fourth-order valence-electron chi connectivity index (χ4n) is 2.75. The molecule has 0 bridgehead atoms. The molecule has 1 aromatic rings. The van der Waals surface area contributed by atoms with Crippen molar-refractivity contribution in [3.63, 3.8) is 0 Å². The molecule has 3 N–H and O–H groups in total. The van der Waals surface area contributed by atoms with Crippen LogP contribution in [-0.2, 0) is 4.79 Å². The Kier molecular flexibility index (Phi) is 4.40. The van der Waals surface area contributed by atoms with Gasteiger partial charge in [-0.2, -0.15) is 0 Å². The van der Waals surface area contributed by atoms with Crippen LogP contribution in [0.1, 0.15) is 44.9 Å². The van der Waals surface area contributed by atoms with Crippen molar-refractivity contribution >= 4 is 11.6 Å². The Hall–Kier alpha value is -1.58. The first kappa shape index (κ1) is 13.8. The number of rotatable bonds is 3. The number of nitrogens with one attached hydrogen (secondary N) is 1. The maximum Gasteiger partial charge on any atom is 0.243 e. The van der Waals surface area contributed by atoms with E-state index in [-0.39, 0.29) is 11.7 Å². The van der Waals surface area contributed by atoms with Crippen LogP contribution in [-0.4, -0.2) is 11.4 Å². The summed E-state index contributed by atoms with van der Waals surface area (Å²) in [5.74, 6) is -0.588. The van der Waals surface area contributed by atoms with Gasteiger partial charge in [-0.1, -0.05) is 32.1 Å². The summed E-state index contributed by atoms with van der Waals surface area (Å²) in [7, 11) is 0. The van der Waals surface area contributed by atoms with E-state index in [0.29, 0.717) is 0 Å². The number of primary amides is 1. The molecule has 2 rings (SSSR count). The van der Waals surface area contributed by atoms with E-state index in [0.717, 1.165) is 44.2 Å². The van der Waals surface area contributed by atoms with Gasteiger partial charge in [-0.15, -0.1) is 0 Å². The second-order valence-electron chi connectivity index (χ2n) is 5.35. The van der Waals surface area contributed by atoms with Gasteiger partial charge in [0.15, 0.2) is 0 Å². The van der Waals surface area contributed by atoms with Crippen molar-refractivity contribution in [3.05, 3.63) is 30.1 Å². The molecule has 0 saturated heterocycles. The molecule has 0 atom stereocenters. The molecule has 0 radical (unpaired) electrons. The van der Waals surface area contributed by atoms with Crippen molar-refractivity contribution in [2.45, 2.75) is 50.5 Å². The predicted octanol–water partition coefficient (Wildman–Crippen LogP) is 3.21. The summed E-state index contributed by atoms with van der Waals surface area (Å²) in [6.45, 7) is 0. The van der Waals surface area contributed by atoms with E-state index in [9.17, 15) is 9.18 Å². The van der Waals surface area contributed by atoms with Gasteiger partial charge in [0.25, 0.3) is 0 Å². The van der Waals surface area contributed by atoms with E-state index in [1.165, 1.54) is 18.6 Å². The van der Waals surface area contributed by atoms with E-state index in [1.807, 2.05) is 0 Å². The molecule has 3 nitrogen and oxygen atoms in total. The third kappa shape index (κ3) is 3.46. The average molecular weight is 264 g/mol. The van der Waals surface area contributed by atoms with Crippen LogP contribution in [0.25, 0.3) is 0 Å². The Morgan fingerprint density at radius 2 is 1.58 bits per heavy atom. The second-order valence-corrected chi connectivity index (χ2v) is 5.35. The summed E-state index contributed by atoms with van der Waals surface area (Å²) in [4.78, 5) is 11.9. The minimum Gasteiger partial charge on any atom is -0.371 e. The van der Waals surface area contributed by atoms with Crippen molar-refractivity contribution in [2.75, 3.05) is 5.32 Å². The minimum absolute atomic E-state index is 0.281. The highest BCUT2D eigenvalue weighted by Gasteiger charge is 2.36. The maximum atomic E-state index is 12.9. The fourth-order valence-corrected chi connectivity index (χ4v) is 2.75. The van der Waals surface area contributed by atoms with Crippen LogP contribution in [0.3, 0.4) is 0 Å². The molecule has 1 fully saturated rings. The second kappa shape index (κ2) is 6.04. The van der Waals surface area contributed by atoms with Crippen LogP contribution in [0.2, 0.25) is 0 Å². The number of carbonyl (C=O) groups is 1. The maximum absolute atomic E-state index is 12.9. The molecule has 1 saturated carbocycles. The molecule has 19 heavy (non-hydrogen) atoms. The molecule has 0 spiro atoms. The molecule has 1 aromatic carbocycles. The van der Waals surface area contributed by atoms with Gasteiger partial charge >= 0.3 is 0 Å². The smallest absolute Gasteiger partial charge is 0.243 e. The summed E-state index contributed by atoms with van der Waals surface area (Å²) < 4.78 is 12.9. The lowest BCUT2D eigenvalue weighted by Gasteiger charge is -2.34. The molecular formula is C15H21FN2O. The lowest BCUT2D eigenvalue weighted by molar-refractivity contribution is -0.123. The third-order valence-electron chi connectivity index (χ3n) is 3.91. The van der Waals surface area contributed by atoms with Gasteiger partial charge < -0.3 is 11.1 Å². The number of benzene rings is 1. The molecule has 0 unspecified atom stereocenters. The predicted molar refractivity (Wildman–Crippen MR) is 74.3 cm³/mol. The van der Waals surface area contributed by atoms with Gasteiger partial charge in [-0.25, -0.2) is 4.39 Å². The highest BCUT2D eigenvalue weighted by molar-refractivity contribution is 5.88. The van der Waals surface area contributed by atoms with E-state index in [4.69, 9.17) is 5.73 Å². The van der Waals surface area contributed by atoms with Crippen molar-refractivity contribution < 1.29 is 9.18 Å². The van der Waals surface area contributed by atoms with Crippen LogP contribution in [0.4, 0.5) is 10.1 Å². The molecule has 1 aliphatic rings. The van der Waals surface area contributed by atoms with Crippen LogP contribution in [0, 0.1) is 5.82 Å². The van der Waals surface area contributed by atoms with E-state index >= 15 is 0 Å². The minimum atomic E-state index is -0.682. The van der Waals surface area contributed by atoms with E-state index in [1.54, 1.807) is 12.1 Å². The van der Waals surface area contributed by atoms with Crippen molar-refractivity contribution in [2.24, 2.45) is 5.73 Å². The molecular weight excluding hydrogens is 243 g/mol. The SMILES string of the molecule is NC(=O)C1(Nc2ccc(F)cc2)CCCCCCC1. The number of hydrogen-bond acceptors (Lipinski definition) is 2. The zero-order chi connectivity index (χ0) is 13.7. The topological polar surface area (TPSA) is 55.1 Å². The molecule has 0 aliphatic heterocycles. The summed E-state index contributed by atoms with van der Waals surface area (Å²) in [5.41, 5.74) is 5.69.